The monoisotopic (exact) mass is 869 g/mol. The van der Waals surface area contributed by atoms with Gasteiger partial charge in [0.15, 0.2) is 0 Å². The molecule has 3 N–H and O–H groups in total. The lowest BCUT2D eigenvalue weighted by atomic mass is 9.85. The van der Waals surface area contributed by atoms with Gasteiger partial charge >= 0.3 is 11.9 Å². The molecule has 342 valence electrons. The number of aromatic amines is 2. The molecule has 2 aromatic rings. The molecule has 0 radical (unpaired) electrons. The highest BCUT2D eigenvalue weighted by Crippen LogP contribution is 2.49. The van der Waals surface area contributed by atoms with Crippen LogP contribution in [0.2, 0.25) is 0 Å². The van der Waals surface area contributed by atoms with E-state index in [9.17, 15) is 14.7 Å². The van der Waals surface area contributed by atoms with Crippen LogP contribution in [-0.2, 0) is 19.1 Å². The predicted octanol–water partition coefficient (Wildman–Crippen LogP) is 14.1. The van der Waals surface area contributed by atoms with Gasteiger partial charge in [0.05, 0.1) is 35.4 Å². The number of hydrogen-bond donors (Lipinski definition) is 3. The number of aliphatic hydroxyl groups excluding tert-OH is 1. The van der Waals surface area contributed by atoms with Crippen molar-refractivity contribution in [3.05, 3.63) is 106 Å². The molecule has 2 aromatic heterocycles. The number of aliphatic hydroxyl groups is 1. The van der Waals surface area contributed by atoms with Crippen molar-refractivity contribution >= 4 is 56.6 Å². The maximum atomic E-state index is 13.6. The van der Waals surface area contributed by atoms with Gasteiger partial charge in [-0.05, 0) is 106 Å². The summed E-state index contributed by atoms with van der Waals surface area (Å²) in [6, 6.07) is 5.99. The molecule has 5 heterocycles. The van der Waals surface area contributed by atoms with E-state index in [1.807, 2.05) is 51.1 Å². The van der Waals surface area contributed by atoms with Crippen LogP contribution in [0.3, 0.4) is 0 Å². The first kappa shape index (κ1) is 48.0. The van der Waals surface area contributed by atoms with Crippen molar-refractivity contribution in [2.45, 2.75) is 145 Å². The zero-order valence-corrected chi connectivity index (χ0v) is 40.2. The maximum Gasteiger partial charge on any atom is 0.342 e. The lowest BCUT2D eigenvalue weighted by molar-refractivity contribution is -0.142. The highest BCUT2D eigenvalue weighted by atomic mass is 16.5. The van der Waals surface area contributed by atoms with Crippen molar-refractivity contribution in [2.75, 3.05) is 13.7 Å². The fourth-order valence-electron chi connectivity index (χ4n) is 9.89. The minimum absolute atomic E-state index is 0.0740. The molecule has 0 amide bonds. The number of aromatic nitrogens is 4. The molecule has 4 atom stereocenters. The summed E-state index contributed by atoms with van der Waals surface area (Å²) in [5, 5.41) is 11.9. The van der Waals surface area contributed by atoms with E-state index in [2.05, 4.69) is 64.7 Å². The Morgan fingerprint density at radius 3 is 2.02 bits per heavy atom. The zero-order chi connectivity index (χ0) is 46.4. The van der Waals surface area contributed by atoms with Crippen LogP contribution in [0.5, 0.6) is 0 Å². The first-order valence-electron chi connectivity index (χ1n) is 23.7. The van der Waals surface area contributed by atoms with Crippen LogP contribution in [0, 0.1) is 24.7 Å². The van der Waals surface area contributed by atoms with Crippen LogP contribution >= 0.6 is 0 Å². The predicted molar refractivity (Wildman–Crippen MR) is 264 cm³/mol. The first-order valence-corrected chi connectivity index (χ1v) is 23.7. The summed E-state index contributed by atoms with van der Waals surface area (Å²) >= 11 is 0. The number of ether oxygens (including phenoxy) is 2. The summed E-state index contributed by atoms with van der Waals surface area (Å²) in [6.45, 7) is 28.1. The number of hydrogen-bond acceptors (Lipinski definition) is 7. The van der Waals surface area contributed by atoms with Crippen molar-refractivity contribution in [3.8, 4) is 0 Å². The van der Waals surface area contributed by atoms with Gasteiger partial charge < -0.3 is 24.5 Å². The highest BCUT2D eigenvalue weighted by Gasteiger charge is 2.39. The van der Waals surface area contributed by atoms with Gasteiger partial charge in [-0.1, -0.05) is 110 Å². The fourth-order valence-corrected chi connectivity index (χ4v) is 9.89. The van der Waals surface area contributed by atoms with E-state index < -0.39 is 5.97 Å². The van der Waals surface area contributed by atoms with Crippen molar-refractivity contribution in [2.24, 2.45) is 17.8 Å². The Balaban J connectivity index is 1.23. The number of nitrogens with one attached hydrogen (secondary N) is 2. The summed E-state index contributed by atoms with van der Waals surface area (Å²) in [6.07, 6.45) is 17.6. The fraction of sp³-hybridized carbons (Fsp3) is 0.491. The number of aryl methyl sites for hydroxylation is 1. The number of allylic oxidation sites excluding steroid dienone is 7. The normalized spacial score (nSPS) is 17.6. The van der Waals surface area contributed by atoms with Crippen LogP contribution in [0.4, 0.5) is 0 Å². The smallest absolute Gasteiger partial charge is 0.342 e. The minimum atomic E-state index is -0.653. The summed E-state index contributed by atoms with van der Waals surface area (Å²) < 4.78 is 11.1. The summed E-state index contributed by atoms with van der Waals surface area (Å²) in [5.74, 6) is 0.873. The molecule has 8 bridgehead atoms. The lowest BCUT2D eigenvalue weighted by Crippen LogP contribution is -2.12. The topological polar surface area (TPSA) is 130 Å². The third-order valence-corrected chi connectivity index (χ3v) is 14.0. The highest BCUT2D eigenvalue weighted by molar-refractivity contribution is 6.30. The van der Waals surface area contributed by atoms with Crippen molar-refractivity contribution in [3.63, 3.8) is 0 Å². The van der Waals surface area contributed by atoms with Gasteiger partial charge in [0.25, 0.3) is 0 Å². The third kappa shape index (κ3) is 10.4. The maximum absolute atomic E-state index is 13.6. The summed E-state index contributed by atoms with van der Waals surface area (Å²) in [4.78, 5) is 44.4. The SMILES string of the molecule is C=CC1=C(C)c2cc3[nH]c(c4c5[nH]c(cc6nc(cc1n2)C(C)=C6C=C)c(C)c5C(O)=C4C(=O)OC)[C@@H](CCC(=O)OC/C=C(\C)CCC[C@H](C)CCC[C@H](C)CCCC(C)C)[C@@H]3C. The van der Waals surface area contributed by atoms with Crippen molar-refractivity contribution in [1.29, 1.82) is 0 Å². The van der Waals surface area contributed by atoms with Gasteiger partial charge in [0.1, 0.15) is 17.9 Å². The van der Waals surface area contributed by atoms with Gasteiger partial charge in [-0.25, -0.2) is 14.8 Å². The molecular formula is C55H72N4O5. The molecular weight excluding hydrogens is 797 g/mol. The molecule has 0 saturated heterocycles. The van der Waals surface area contributed by atoms with Crippen LogP contribution in [0.15, 0.2) is 55.2 Å². The summed E-state index contributed by atoms with van der Waals surface area (Å²) in [7, 11) is 1.31. The average Bonchev–Trinajstić information content (AvgIpc) is 3.99. The molecule has 9 heteroatoms. The molecule has 0 aromatic carbocycles. The Morgan fingerprint density at radius 2 is 1.41 bits per heavy atom. The van der Waals surface area contributed by atoms with E-state index in [-0.39, 0.29) is 42.2 Å². The van der Waals surface area contributed by atoms with Crippen LogP contribution in [-0.4, -0.2) is 50.7 Å². The van der Waals surface area contributed by atoms with Crippen molar-refractivity contribution in [1.82, 2.24) is 19.9 Å². The molecule has 9 nitrogen and oxygen atoms in total. The van der Waals surface area contributed by atoms with E-state index in [0.717, 1.165) is 86.5 Å². The van der Waals surface area contributed by atoms with Gasteiger partial charge in [0, 0.05) is 57.4 Å². The second-order valence-corrected chi connectivity index (χ2v) is 19.2. The molecule has 0 unspecified atom stereocenters. The molecule has 0 fully saturated rings. The Hall–Kier alpha value is -5.44. The number of nitrogens with zero attached hydrogens (tertiary/aromatic N) is 2. The number of fused-ring (bicyclic) bond motifs is 8. The molecule has 64 heavy (non-hydrogen) atoms. The quantitative estimate of drug-likeness (QED) is 0.0892. The molecule has 4 aliphatic rings. The molecule has 0 spiro atoms. The molecule has 3 aliphatic heterocycles. The number of methoxy groups -OCH3 is 1. The molecule has 1 aliphatic carbocycles. The van der Waals surface area contributed by atoms with Gasteiger partial charge in [-0.2, -0.15) is 0 Å². The second kappa shape index (κ2) is 21.0. The Morgan fingerprint density at radius 1 is 0.812 bits per heavy atom. The zero-order valence-electron chi connectivity index (χ0n) is 40.2. The number of H-pyrrole nitrogens is 2. The Labute approximate surface area is 381 Å². The van der Waals surface area contributed by atoms with E-state index in [4.69, 9.17) is 19.4 Å². The Kier molecular flexibility index (Phi) is 15.8. The Bertz CT molecular complexity index is 2490. The van der Waals surface area contributed by atoms with Crippen LogP contribution in [0.25, 0.3) is 44.7 Å². The number of carbonyl (C=O) groups excluding carboxylic acids is 2. The van der Waals surface area contributed by atoms with E-state index >= 15 is 0 Å². The van der Waals surface area contributed by atoms with Crippen molar-refractivity contribution < 1.29 is 24.2 Å². The number of carbonyl (C=O) groups is 2. The van der Waals surface area contributed by atoms with E-state index in [0.29, 0.717) is 34.7 Å². The van der Waals surface area contributed by atoms with Gasteiger partial charge in [-0.3, -0.25) is 4.79 Å². The van der Waals surface area contributed by atoms with Crippen LogP contribution < -0.4 is 0 Å². The second-order valence-electron chi connectivity index (χ2n) is 19.2. The third-order valence-electron chi connectivity index (χ3n) is 14.0. The van der Waals surface area contributed by atoms with E-state index in [1.165, 1.54) is 57.6 Å². The van der Waals surface area contributed by atoms with Gasteiger partial charge in [-0.15, -0.1) is 0 Å². The largest absolute Gasteiger partial charge is 0.506 e. The van der Waals surface area contributed by atoms with Crippen LogP contribution in [0.1, 0.15) is 189 Å². The lowest BCUT2D eigenvalue weighted by Gasteiger charge is -2.18. The number of esters is 2. The number of rotatable bonds is 20. The minimum Gasteiger partial charge on any atom is -0.506 e. The molecule has 0 saturated carbocycles. The molecule has 6 rings (SSSR count). The standard InChI is InChI=1S/C55H72N4O5/c1-13-39-35(8)42-28-44-37(10)41(24-25-48(60)64-27-26-34(7)23-17-22-33(6)21-16-20-32(5)19-15-18-31(3)4)52(58-44)50-51(55(62)63-12)54(61)49-38(11)45(59-53(49)50)30-47-40(14-2)36(9)43(57-47)29-46(39)56-42/h13-14,26,28-33,37,41,58-59,61H,1-2,15-25,27H2,3-12H3/b34-26+,44-28?,46-29?,47-30?,52-50?/t32-,33-,37+,41+/m1/s1. The van der Waals surface area contributed by atoms with Gasteiger partial charge in [0.2, 0.25) is 0 Å². The average molecular weight is 869 g/mol. The summed E-state index contributed by atoms with van der Waals surface area (Å²) in [5.41, 5.74) is 12.8. The first-order chi connectivity index (χ1) is 30.6. The van der Waals surface area contributed by atoms with E-state index in [1.54, 1.807) is 6.08 Å².